The van der Waals surface area contributed by atoms with Crippen molar-refractivity contribution < 1.29 is 26.7 Å². The van der Waals surface area contributed by atoms with E-state index in [4.69, 9.17) is 4.74 Å². The van der Waals surface area contributed by atoms with E-state index in [0.717, 1.165) is 12.1 Å². The van der Waals surface area contributed by atoms with Crippen LogP contribution in [0.5, 0.6) is 0 Å². The van der Waals surface area contributed by atoms with Crippen molar-refractivity contribution >= 4 is 27.3 Å². The number of hydrogen-bond donors (Lipinski definition) is 0. The van der Waals surface area contributed by atoms with Crippen LogP contribution in [0.2, 0.25) is 0 Å². The van der Waals surface area contributed by atoms with Gasteiger partial charge >= 0.3 is 6.09 Å². The highest BCUT2D eigenvalue weighted by atomic mass is 32.2. The molecule has 1 aromatic heterocycles. The Labute approximate surface area is 183 Å². The topological polar surface area (TPSA) is 97.6 Å². The van der Waals surface area contributed by atoms with Crippen LogP contribution in [0.3, 0.4) is 0 Å². The number of rotatable bonds is 5. The third-order valence-electron chi connectivity index (χ3n) is 6.51. The van der Waals surface area contributed by atoms with Crippen molar-refractivity contribution in [1.82, 2.24) is 15.0 Å². The summed E-state index contributed by atoms with van der Waals surface area (Å²) in [5.41, 5.74) is -0.00967. The second-order valence-corrected chi connectivity index (χ2v) is 10.8. The monoisotopic (exact) mass is 467 g/mol. The molecule has 1 amide bonds. The Hall–Kier alpha value is -2.76. The van der Waals surface area contributed by atoms with Gasteiger partial charge in [-0.1, -0.05) is 5.21 Å². The Morgan fingerprint density at radius 3 is 2.38 bits per heavy atom. The zero-order chi connectivity index (χ0) is 22.5. The molecule has 3 fully saturated rings. The summed E-state index contributed by atoms with van der Waals surface area (Å²) in [5.74, 6) is -0.612. The number of amides is 1. The molecule has 0 bridgehead atoms. The summed E-state index contributed by atoms with van der Waals surface area (Å²) in [4.78, 5) is 15.1. The molecule has 5 rings (SSSR count). The Morgan fingerprint density at radius 1 is 1.09 bits per heavy atom. The molecule has 1 atom stereocenters. The highest BCUT2D eigenvalue weighted by Gasteiger charge is 2.40. The molecule has 1 aromatic carbocycles. The first-order valence-corrected chi connectivity index (χ1v) is 12.4. The van der Waals surface area contributed by atoms with Crippen molar-refractivity contribution in [1.29, 1.82) is 0 Å². The van der Waals surface area contributed by atoms with Gasteiger partial charge in [-0.05, 0) is 24.7 Å². The fraction of sp³-hybridized carbons (Fsp3) is 0.550. The molecule has 172 valence electrons. The van der Waals surface area contributed by atoms with Crippen LogP contribution < -0.4 is 9.80 Å². The first-order valence-electron chi connectivity index (χ1n) is 10.6. The minimum absolute atomic E-state index is 0.101. The fourth-order valence-electron chi connectivity index (χ4n) is 4.85. The number of benzene rings is 1. The van der Waals surface area contributed by atoms with Gasteiger partial charge in [-0.3, -0.25) is 4.90 Å². The number of ether oxygens (including phenoxy) is 1. The van der Waals surface area contributed by atoms with E-state index in [1.54, 1.807) is 11.1 Å². The van der Waals surface area contributed by atoms with Crippen LogP contribution in [0.25, 0.3) is 0 Å². The third kappa shape index (κ3) is 4.03. The molecule has 4 heterocycles. The first-order chi connectivity index (χ1) is 15.3. The normalized spacial score (nSPS) is 23.9. The van der Waals surface area contributed by atoms with Gasteiger partial charge in [-0.15, -0.1) is 5.10 Å². The molecule has 3 aliphatic rings. The molecular formula is C20H23F2N5O4S. The summed E-state index contributed by atoms with van der Waals surface area (Å²) in [7, 11) is -2.88. The number of nitrogens with zero attached hydrogens (tertiary/aromatic N) is 5. The van der Waals surface area contributed by atoms with Gasteiger partial charge in [-0.25, -0.2) is 26.7 Å². The molecule has 9 nitrogen and oxygen atoms in total. The van der Waals surface area contributed by atoms with Gasteiger partial charge in [0.25, 0.3) is 0 Å². The molecule has 0 spiro atoms. The molecule has 32 heavy (non-hydrogen) atoms. The predicted octanol–water partition coefficient (Wildman–Crippen LogP) is 1.84. The molecule has 12 heteroatoms. The Kier molecular flexibility index (Phi) is 5.26. The number of halogens is 2. The molecule has 0 radical (unpaired) electrons. The number of anilines is 2. The summed E-state index contributed by atoms with van der Waals surface area (Å²) >= 11 is 0. The molecule has 3 saturated heterocycles. The van der Waals surface area contributed by atoms with Crippen molar-refractivity contribution in [2.75, 3.05) is 40.9 Å². The number of cyclic esters (lactones) is 1. The maximum absolute atomic E-state index is 15.0. The van der Waals surface area contributed by atoms with Crippen LogP contribution in [0.4, 0.5) is 25.0 Å². The summed E-state index contributed by atoms with van der Waals surface area (Å²) in [5, 5.41) is 7.52. The molecule has 0 aliphatic carbocycles. The van der Waals surface area contributed by atoms with Crippen LogP contribution >= 0.6 is 0 Å². The standard InChI is InChI=1S/C20H23F2N5O4S/c21-17-7-15(27-10-16(31-20(27)28)9-26-6-3-23-24-26)8-18(22)19(17)25-4-1-13(2-5-25)14-11-32(29,30)12-14/h3,6-8,13-14,16H,1-2,4-5,9-12H2. The van der Waals surface area contributed by atoms with Crippen LogP contribution in [0.1, 0.15) is 12.8 Å². The zero-order valence-corrected chi connectivity index (χ0v) is 18.0. The van der Waals surface area contributed by atoms with Crippen LogP contribution in [-0.4, -0.2) is 66.7 Å². The molecule has 0 saturated carbocycles. The Bertz CT molecular complexity index is 1080. The van der Waals surface area contributed by atoms with Crippen LogP contribution in [-0.2, 0) is 21.1 Å². The predicted molar refractivity (Wildman–Crippen MR) is 111 cm³/mol. The second-order valence-electron chi connectivity index (χ2n) is 8.66. The summed E-state index contributed by atoms with van der Waals surface area (Å²) in [6, 6.07) is 2.31. The highest BCUT2D eigenvalue weighted by Crippen LogP contribution is 2.37. The van der Waals surface area contributed by atoms with E-state index >= 15 is 0 Å². The van der Waals surface area contributed by atoms with Gasteiger partial charge in [0.05, 0.1) is 36.5 Å². The average molecular weight is 467 g/mol. The van der Waals surface area contributed by atoms with E-state index in [-0.39, 0.29) is 41.3 Å². The average Bonchev–Trinajstić information content (AvgIpc) is 3.36. The van der Waals surface area contributed by atoms with Gasteiger partial charge in [0, 0.05) is 31.4 Å². The van der Waals surface area contributed by atoms with E-state index in [2.05, 4.69) is 10.3 Å². The van der Waals surface area contributed by atoms with Gasteiger partial charge < -0.3 is 9.64 Å². The van der Waals surface area contributed by atoms with Gasteiger partial charge in [0.15, 0.2) is 21.5 Å². The lowest BCUT2D eigenvalue weighted by Crippen LogP contribution is -2.46. The number of piperidine rings is 1. The van der Waals surface area contributed by atoms with E-state index < -0.39 is 33.7 Å². The van der Waals surface area contributed by atoms with E-state index in [1.807, 2.05) is 0 Å². The lowest BCUT2D eigenvalue weighted by molar-refractivity contribution is 0.129. The molecule has 1 unspecified atom stereocenters. The van der Waals surface area contributed by atoms with Crippen molar-refractivity contribution in [2.24, 2.45) is 11.8 Å². The van der Waals surface area contributed by atoms with Gasteiger partial charge in [0.2, 0.25) is 0 Å². The van der Waals surface area contributed by atoms with Gasteiger partial charge in [-0.2, -0.15) is 0 Å². The van der Waals surface area contributed by atoms with Crippen molar-refractivity contribution in [2.45, 2.75) is 25.5 Å². The number of aromatic nitrogens is 3. The molecule has 2 aromatic rings. The lowest BCUT2D eigenvalue weighted by atomic mass is 9.86. The highest BCUT2D eigenvalue weighted by molar-refractivity contribution is 7.92. The van der Waals surface area contributed by atoms with E-state index in [1.165, 1.54) is 15.8 Å². The minimum Gasteiger partial charge on any atom is -0.442 e. The minimum atomic E-state index is -2.88. The lowest BCUT2D eigenvalue weighted by Gasteiger charge is -2.40. The molecule has 3 aliphatic heterocycles. The summed E-state index contributed by atoms with van der Waals surface area (Å²) in [6.07, 6.45) is 3.36. The smallest absolute Gasteiger partial charge is 0.414 e. The zero-order valence-electron chi connectivity index (χ0n) is 17.2. The SMILES string of the molecule is O=C1OC(Cn2ccnn2)CN1c1cc(F)c(N2CCC(C3CS(=O)(=O)C3)CC2)c(F)c1. The molecule has 0 N–H and O–H groups in total. The van der Waals surface area contributed by atoms with E-state index in [0.29, 0.717) is 32.5 Å². The van der Waals surface area contributed by atoms with Gasteiger partial charge in [0.1, 0.15) is 11.8 Å². The second kappa shape index (κ2) is 7.98. The maximum atomic E-state index is 15.0. The van der Waals surface area contributed by atoms with Crippen LogP contribution in [0, 0.1) is 23.5 Å². The number of sulfone groups is 1. The Balaban J connectivity index is 1.25. The quantitative estimate of drug-likeness (QED) is 0.662. The number of hydrogen-bond acceptors (Lipinski definition) is 7. The van der Waals surface area contributed by atoms with Crippen molar-refractivity contribution in [3.8, 4) is 0 Å². The van der Waals surface area contributed by atoms with Crippen LogP contribution in [0.15, 0.2) is 24.5 Å². The summed E-state index contributed by atoms with van der Waals surface area (Å²) in [6.45, 7) is 1.36. The third-order valence-corrected chi connectivity index (χ3v) is 8.38. The summed E-state index contributed by atoms with van der Waals surface area (Å²) < 4.78 is 59.6. The Morgan fingerprint density at radius 2 is 1.78 bits per heavy atom. The molecular weight excluding hydrogens is 444 g/mol. The largest absolute Gasteiger partial charge is 0.442 e. The van der Waals surface area contributed by atoms with Crippen molar-refractivity contribution in [3.63, 3.8) is 0 Å². The first kappa shape index (κ1) is 21.1. The van der Waals surface area contributed by atoms with Crippen molar-refractivity contribution in [3.05, 3.63) is 36.2 Å². The van der Waals surface area contributed by atoms with E-state index in [9.17, 15) is 22.0 Å². The number of carbonyl (C=O) groups excluding carboxylic acids is 1. The number of carbonyl (C=O) groups is 1. The fourth-order valence-corrected chi connectivity index (χ4v) is 6.60. The maximum Gasteiger partial charge on any atom is 0.414 e.